The van der Waals surface area contributed by atoms with Gasteiger partial charge >= 0.3 is 6.09 Å². The molecule has 0 spiro atoms. The van der Waals surface area contributed by atoms with Crippen molar-refractivity contribution in [3.05, 3.63) is 0 Å². The van der Waals surface area contributed by atoms with Crippen LogP contribution in [0, 0.1) is 11.8 Å². The molecule has 0 radical (unpaired) electrons. The Morgan fingerprint density at radius 1 is 1.33 bits per heavy atom. The Kier molecular flexibility index (Phi) is 2.24. The monoisotopic (exact) mass is 211 g/mol. The highest BCUT2D eigenvalue weighted by molar-refractivity contribution is 5.84. The number of fused-ring (bicyclic) bond motifs is 1. The molecule has 2 aliphatic rings. The lowest BCUT2D eigenvalue weighted by Gasteiger charge is -2.20. The van der Waals surface area contributed by atoms with E-state index in [1.165, 1.54) is 0 Å². The summed E-state index contributed by atoms with van der Waals surface area (Å²) in [4.78, 5) is 22.4. The van der Waals surface area contributed by atoms with Crippen LogP contribution in [-0.4, -0.2) is 23.5 Å². The maximum Gasteiger partial charge on any atom is 0.407 e. The van der Waals surface area contributed by atoms with Gasteiger partial charge in [-0.15, -0.1) is 0 Å². The summed E-state index contributed by atoms with van der Waals surface area (Å²) < 4.78 is 5.15. The van der Waals surface area contributed by atoms with Crippen LogP contribution in [0.15, 0.2) is 0 Å². The van der Waals surface area contributed by atoms with Crippen LogP contribution in [0.25, 0.3) is 0 Å². The number of hydrogen-bond acceptors (Lipinski definition) is 3. The first kappa shape index (κ1) is 10.5. The molecule has 0 aliphatic heterocycles. The molecule has 4 heteroatoms. The molecule has 0 saturated heterocycles. The number of ketones is 1. The second kappa shape index (κ2) is 3.22. The second-order valence-corrected chi connectivity index (χ2v) is 5.45. The van der Waals surface area contributed by atoms with Crippen molar-refractivity contribution in [1.29, 1.82) is 0 Å². The van der Waals surface area contributed by atoms with E-state index in [0.29, 0.717) is 30.5 Å². The van der Waals surface area contributed by atoms with Gasteiger partial charge in [0.15, 0.2) is 0 Å². The summed E-state index contributed by atoms with van der Waals surface area (Å²) in [5.41, 5.74) is -0.454. The molecule has 1 N–H and O–H groups in total. The average molecular weight is 211 g/mol. The molecule has 1 amide bonds. The van der Waals surface area contributed by atoms with E-state index >= 15 is 0 Å². The lowest BCUT2D eigenvalue weighted by atomic mass is 10.2. The highest BCUT2D eigenvalue weighted by Gasteiger charge is 2.56. The number of nitrogens with one attached hydrogen (secondary N) is 1. The lowest BCUT2D eigenvalue weighted by Crippen LogP contribution is -2.35. The Morgan fingerprint density at radius 3 is 2.33 bits per heavy atom. The van der Waals surface area contributed by atoms with E-state index in [0.717, 1.165) is 0 Å². The minimum atomic E-state index is -0.454. The Bertz CT molecular complexity index is 291. The third-order valence-corrected chi connectivity index (χ3v) is 2.94. The fraction of sp³-hybridized carbons (Fsp3) is 0.818. The summed E-state index contributed by atoms with van der Waals surface area (Å²) in [7, 11) is 0. The van der Waals surface area contributed by atoms with Crippen molar-refractivity contribution in [2.75, 3.05) is 0 Å². The van der Waals surface area contributed by atoms with E-state index < -0.39 is 5.60 Å². The SMILES string of the molecule is CC(C)(C)OC(=O)NC1C2CC(=O)C[C@H]21. The maximum atomic E-state index is 11.4. The minimum Gasteiger partial charge on any atom is -0.444 e. The molecule has 15 heavy (non-hydrogen) atoms. The first-order chi connectivity index (χ1) is 6.87. The molecule has 3 atom stereocenters. The summed E-state index contributed by atoms with van der Waals surface area (Å²) in [6, 6.07) is 0.178. The summed E-state index contributed by atoms with van der Waals surface area (Å²) in [6.45, 7) is 5.51. The van der Waals surface area contributed by atoms with E-state index in [1.54, 1.807) is 0 Å². The largest absolute Gasteiger partial charge is 0.444 e. The van der Waals surface area contributed by atoms with Crippen molar-refractivity contribution in [2.45, 2.75) is 45.3 Å². The number of carbonyl (C=O) groups is 2. The summed E-state index contributed by atoms with van der Waals surface area (Å²) >= 11 is 0. The fourth-order valence-electron chi connectivity index (χ4n) is 2.27. The van der Waals surface area contributed by atoms with Crippen molar-refractivity contribution in [3.8, 4) is 0 Å². The molecular weight excluding hydrogens is 194 g/mol. The average Bonchev–Trinajstić information content (AvgIpc) is 2.54. The van der Waals surface area contributed by atoms with Gasteiger partial charge in [-0.2, -0.15) is 0 Å². The predicted octanol–water partition coefficient (Wildman–Crippen LogP) is 1.49. The van der Waals surface area contributed by atoms with Crippen LogP contribution in [0.4, 0.5) is 4.79 Å². The van der Waals surface area contributed by atoms with Crippen LogP contribution in [0.3, 0.4) is 0 Å². The molecule has 0 aromatic heterocycles. The molecule has 0 aromatic carbocycles. The van der Waals surface area contributed by atoms with Crippen LogP contribution in [-0.2, 0) is 9.53 Å². The van der Waals surface area contributed by atoms with Gasteiger partial charge in [0.2, 0.25) is 0 Å². The molecule has 2 rings (SSSR count). The molecular formula is C11H17NO3. The van der Waals surface area contributed by atoms with Gasteiger partial charge in [0.25, 0.3) is 0 Å². The summed E-state index contributed by atoms with van der Waals surface area (Å²) in [6.07, 6.45) is 0.894. The zero-order chi connectivity index (χ0) is 11.2. The quantitative estimate of drug-likeness (QED) is 0.715. The lowest BCUT2D eigenvalue weighted by molar-refractivity contribution is -0.118. The third kappa shape index (κ3) is 2.30. The topological polar surface area (TPSA) is 55.4 Å². The van der Waals surface area contributed by atoms with Gasteiger partial charge in [-0.25, -0.2) is 4.79 Å². The smallest absolute Gasteiger partial charge is 0.407 e. The molecule has 84 valence electrons. The number of carbonyl (C=O) groups excluding carboxylic acids is 2. The molecule has 4 nitrogen and oxygen atoms in total. The van der Waals surface area contributed by atoms with E-state index in [2.05, 4.69) is 5.32 Å². The van der Waals surface area contributed by atoms with Crippen LogP contribution in [0.5, 0.6) is 0 Å². The molecule has 0 aromatic rings. The minimum absolute atomic E-state index is 0.178. The number of amides is 1. The zero-order valence-corrected chi connectivity index (χ0v) is 9.37. The van der Waals surface area contributed by atoms with Gasteiger partial charge in [0.1, 0.15) is 11.4 Å². The fourth-order valence-corrected chi connectivity index (χ4v) is 2.27. The molecule has 2 saturated carbocycles. The van der Waals surface area contributed by atoms with Gasteiger partial charge in [0, 0.05) is 18.9 Å². The highest BCUT2D eigenvalue weighted by atomic mass is 16.6. The predicted molar refractivity (Wildman–Crippen MR) is 54.4 cm³/mol. The third-order valence-electron chi connectivity index (χ3n) is 2.94. The second-order valence-electron chi connectivity index (χ2n) is 5.45. The standard InChI is InChI=1S/C11H17NO3/c1-11(2,3)15-10(14)12-9-7-4-6(13)5-8(7)9/h7-9H,4-5H2,1-3H3,(H,12,14)/t7-,8?,9?/m1/s1. The van der Waals surface area contributed by atoms with Crippen LogP contribution < -0.4 is 5.32 Å². The Morgan fingerprint density at radius 2 is 1.87 bits per heavy atom. The van der Waals surface area contributed by atoms with Crippen molar-refractivity contribution in [1.82, 2.24) is 5.32 Å². The molecule has 0 bridgehead atoms. The van der Waals surface area contributed by atoms with E-state index in [1.807, 2.05) is 20.8 Å². The summed E-state index contributed by atoms with van der Waals surface area (Å²) in [5.74, 6) is 1.09. The van der Waals surface area contributed by atoms with Crippen LogP contribution in [0.2, 0.25) is 0 Å². The summed E-state index contributed by atoms with van der Waals surface area (Å²) in [5, 5.41) is 2.82. The number of ether oxygens (including phenoxy) is 1. The van der Waals surface area contributed by atoms with Crippen molar-refractivity contribution in [3.63, 3.8) is 0 Å². The number of Topliss-reactive ketones (excluding diaryl/α,β-unsaturated/α-hetero) is 1. The molecule has 2 fully saturated rings. The van der Waals surface area contributed by atoms with Gasteiger partial charge in [0.05, 0.1) is 0 Å². The first-order valence-electron chi connectivity index (χ1n) is 5.38. The number of rotatable bonds is 1. The molecule has 0 heterocycles. The first-order valence-corrected chi connectivity index (χ1v) is 5.38. The van der Waals surface area contributed by atoms with Crippen molar-refractivity contribution >= 4 is 11.9 Å². The normalized spacial score (nSPS) is 33.5. The molecule has 2 aliphatic carbocycles. The Balaban J connectivity index is 1.76. The van der Waals surface area contributed by atoms with Crippen LogP contribution in [0.1, 0.15) is 33.6 Å². The zero-order valence-electron chi connectivity index (χ0n) is 9.37. The van der Waals surface area contributed by atoms with E-state index in [4.69, 9.17) is 4.74 Å². The van der Waals surface area contributed by atoms with Crippen molar-refractivity contribution in [2.24, 2.45) is 11.8 Å². The number of hydrogen-bond donors (Lipinski definition) is 1. The van der Waals surface area contributed by atoms with Gasteiger partial charge in [-0.3, -0.25) is 4.79 Å². The van der Waals surface area contributed by atoms with Gasteiger partial charge in [-0.05, 0) is 32.6 Å². The van der Waals surface area contributed by atoms with Crippen LogP contribution >= 0.6 is 0 Å². The van der Waals surface area contributed by atoms with E-state index in [9.17, 15) is 9.59 Å². The Hall–Kier alpha value is -1.06. The Labute approximate surface area is 89.4 Å². The van der Waals surface area contributed by atoms with Gasteiger partial charge in [-0.1, -0.05) is 0 Å². The number of alkyl carbamates (subject to hydrolysis) is 1. The highest BCUT2D eigenvalue weighted by Crippen LogP contribution is 2.50. The molecule has 2 unspecified atom stereocenters. The van der Waals surface area contributed by atoms with Crippen molar-refractivity contribution < 1.29 is 14.3 Å². The van der Waals surface area contributed by atoms with Gasteiger partial charge < -0.3 is 10.1 Å². The maximum absolute atomic E-state index is 11.4. The van der Waals surface area contributed by atoms with E-state index in [-0.39, 0.29) is 12.1 Å².